The number of ether oxygens (including phenoxy) is 2. The number of pyridine rings is 1. The van der Waals surface area contributed by atoms with Crippen LogP contribution in [-0.4, -0.2) is 10.9 Å². The summed E-state index contributed by atoms with van der Waals surface area (Å²) >= 11 is 0. The second-order valence-corrected chi connectivity index (χ2v) is 7.79. The van der Waals surface area contributed by atoms with Crippen LogP contribution < -0.4 is 20.1 Å². The predicted octanol–water partition coefficient (Wildman–Crippen LogP) is 4.98. The van der Waals surface area contributed by atoms with Crippen molar-refractivity contribution in [1.82, 2.24) is 4.98 Å². The third kappa shape index (κ3) is 4.36. The summed E-state index contributed by atoms with van der Waals surface area (Å²) in [4.78, 5) is 19.4. The van der Waals surface area contributed by atoms with Gasteiger partial charge < -0.3 is 15.2 Å². The maximum atomic E-state index is 13.1. The lowest BCUT2D eigenvalue weighted by Gasteiger charge is -2.20. The summed E-state index contributed by atoms with van der Waals surface area (Å²) in [5, 5.41) is 0. The predicted molar refractivity (Wildman–Crippen MR) is 127 cm³/mol. The molecule has 1 aromatic heterocycles. The number of benzene rings is 3. The molecule has 6 heteroatoms. The summed E-state index contributed by atoms with van der Waals surface area (Å²) in [5.74, 6) is 0.639. The van der Waals surface area contributed by atoms with Gasteiger partial charge >= 0.3 is 0 Å². The highest BCUT2D eigenvalue weighted by Gasteiger charge is 2.32. The van der Waals surface area contributed by atoms with Crippen molar-refractivity contribution in [3.8, 4) is 11.8 Å². The van der Waals surface area contributed by atoms with Crippen LogP contribution in [0.3, 0.4) is 0 Å². The van der Waals surface area contributed by atoms with E-state index in [1.165, 1.54) is 0 Å². The minimum atomic E-state index is -0.124. The topological polar surface area (TPSA) is 77.7 Å². The Bertz CT molecular complexity index is 1280. The van der Waals surface area contributed by atoms with Gasteiger partial charge in [0.1, 0.15) is 18.9 Å². The van der Waals surface area contributed by atoms with Crippen molar-refractivity contribution in [2.24, 2.45) is 0 Å². The maximum absolute atomic E-state index is 13.1. The second kappa shape index (κ2) is 9.04. The molecule has 1 aliphatic rings. The molecule has 2 heterocycles. The van der Waals surface area contributed by atoms with Gasteiger partial charge in [-0.25, -0.2) is 0 Å². The number of rotatable bonds is 7. The van der Waals surface area contributed by atoms with Gasteiger partial charge in [-0.2, -0.15) is 4.98 Å². The second-order valence-electron chi connectivity index (χ2n) is 7.79. The van der Waals surface area contributed by atoms with Gasteiger partial charge in [0, 0.05) is 22.9 Å². The molecule has 5 rings (SSSR count). The molecule has 0 bridgehead atoms. The first-order valence-electron chi connectivity index (χ1n) is 10.7. The number of hydrogen-bond donors (Lipinski definition) is 1. The Morgan fingerprint density at radius 2 is 1.45 bits per heavy atom. The molecule has 6 nitrogen and oxygen atoms in total. The van der Waals surface area contributed by atoms with Crippen LogP contribution in [0.1, 0.15) is 27.0 Å². The molecule has 1 amide bonds. The molecule has 0 fully saturated rings. The molecule has 33 heavy (non-hydrogen) atoms. The Hall–Kier alpha value is -4.32. The van der Waals surface area contributed by atoms with Crippen LogP contribution in [0.2, 0.25) is 0 Å². The highest BCUT2D eigenvalue weighted by molar-refractivity contribution is 6.11. The molecule has 0 spiro atoms. The summed E-state index contributed by atoms with van der Waals surface area (Å²) in [6.45, 7) is 1.07. The number of carbonyl (C=O) groups excluding carboxylic acids is 1. The lowest BCUT2D eigenvalue weighted by atomic mass is 10.1. The molecule has 2 N–H and O–H groups in total. The molecule has 0 atom stereocenters. The lowest BCUT2D eigenvalue weighted by Crippen LogP contribution is -2.24. The standard InChI is InChI=1S/C27H23N3O3/c28-23-13-7-12-21-22(23)16-30(27(21)31)24-14-15-25(32-17-19-8-3-1-4-9-19)29-26(24)33-18-20-10-5-2-6-11-20/h1-15H,16-18,28H2. The van der Waals surface area contributed by atoms with Crippen LogP contribution in [0.4, 0.5) is 11.4 Å². The van der Waals surface area contributed by atoms with Gasteiger partial charge in [-0.05, 0) is 29.3 Å². The highest BCUT2D eigenvalue weighted by atomic mass is 16.5. The monoisotopic (exact) mass is 437 g/mol. The number of nitrogens with zero attached hydrogens (tertiary/aromatic N) is 2. The SMILES string of the molecule is Nc1cccc2c1CN(c1ccc(OCc3ccccc3)nc1OCc1ccccc1)C2=O. The Labute approximate surface area is 192 Å². The fourth-order valence-corrected chi connectivity index (χ4v) is 3.82. The van der Waals surface area contributed by atoms with Crippen molar-refractivity contribution in [2.75, 3.05) is 10.6 Å². The number of nitrogens with two attached hydrogens (primary N) is 1. The van der Waals surface area contributed by atoms with Gasteiger partial charge in [-0.15, -0.1) is 0 Å². The van der Waals surface area contributed by atoms with E-state index in [-0.39, 0.29) is 5.91 Å². The summed E-state index contributed by atoms with van der Waals surface area (Å²) in [7, 11) is 0. The van der Waals surface area contributed by atoms with E-state index in [9.17, 15) is 4.79 Å². The first-order chi connectivity index (χ1) is 16.2. The molecular weight excluding hydrogens is 414 g/mol. The molecule has 0 saturated heterocycles. The van der Waals surface area contributed by atoms with Crippen LogP contribution in [-0.2, 0) is 19.8 Å². The van der Waals surface area contributed by atoms with Gasteiger partial charge in [0.05, 0.1) is 6.54 Å². The smallest absolute Gasteiger partial charge is 0.259 e. The molecule has 3 aromatic carbocycles. The minimum Gasteiger partial charge on any atom is -0.473 e. The quantitative estimate of drug-likeness (QED) is 0.413. The normalized spacial score (nSPS) is 12.5. The zero-order valence-electron chi connectivity index (χ0n) is 18.0. The Kier molecular flexibility index (Phi) is 5.64. The lowest BCUT2D eigenvalue weighted by molar-refractivity contribution is 0.0995. The fraction of sp³-hybridized carbons (Fsp3) is 0.111. The van der Waals surface area contributed by atoms with Crippen molar-refractivity contribution in [3.05, 3.63) is 113 Å². The Balaban J connectivity index is 1.43. The number of fused-ring (bicyclic) bond motifs is 1. The van der Waals surface area contributed by atoms with Gasteiger partial charge in [-0.3, -0.25) is 9.69 Å². The van der Waals surface area contributed by atoms with Gasteiger partial charge in [0.15, 0.2) is 0 Å². The molecule has 0 saturated carbocycles. The minimum absolute atomic E-state index is 0.124. The number of nitrogen functional groups attached to an aromatic ring is 1. The van der Waals surface area contributed by atoms with E-state index in [1.54, 1.807) is 29.2 Å². The van der Waals surface area contributed by atoms with Crippen molar-refractivity contribution in [2.45, 2.75) is 19.8 Å². The summed E-state index contributed by atoms with van der Waals surface area (Å²) in [6, 6.07) is 28.7. The number of anilines is 2. The van der Waals surface area contributed by atoms with E-state index in [0.717, 1.165) is 16.7 Å². The Morgan fingerprint density at radius 1 is 0.788 bits per heavy atom. The number of hydrogen-bond acceptors (Lipinski definition) is 5. The summed E-state index contributed by atoms with van der Waals surface area (Å²) in [6.07, 6.45) is 0. The number of amides is 1. The van der Waals surface area contributed by atoms with Crippen LogP contribution in [0.15, 0.2) is 91.0 Å². The average molecular weight is 437 g/mol. The maximum Gasteiger partial charge on any atom is 0.259 e. The third-order valence-electron chi connectivity index (χ3n) is 5.56. The molecule has 0 aliphatic carbocycles. The molecule has 0 unspecified atom stereocenters. The van der Waals surface area contributed by atoms with E-state index < -0.39 is 0 Å². The molecule has 1 aliphatic heterocycles. The van der Waals surface area contributed by atoms with Crippen molar-refractivity contribution >= 4 is 17.3 Å². The van der Waals surface area contributed by atoms with Gasteiger partial charge in [-0.1, -0.05) is 66.7 Å². The van der Waals surface area contributed by atoms with E-state index in [0.29, 0.717) is 48.5 Å². The molecule has 164 valence electrons. The largest absolute Gasteiger partial charge is 0.473 e. The van der Waals surface area contributed by atoms with Crippen LogP contribution in [0.5, 0.6) is 11.8 Å². The van der Waals surface area contributed by atoms with Gasteiger partial charge in [0.2, 0.25) is 11.8 Å². The van der Waals surface area contributed by atoms with Crippen molar-refractivity contribution in [1.29, 1.82) is 0 Å². The van der Waals surface area contributed by atoms with Crippen LogP contribution in [0, 0.1) is 0 Å². The fourth-order valence-electron chi connectivity index (χ4n) is 3.82. The Morgan fingerprint density at radius 3 is 2.12 bits per heavy atom. The molecule has 0 radical (unpaired) electrons. The zero-order chi connectivity index (χ0) is 22.6. The van der Waals surface area contributed by atoms with Crippen LogP contribution in [0.25, 0.3) is 0 Å². The highest BCUT2D eigenvalue weighted by Crippen LogP contribution is 2.37. The third-order valence-corrected chi connectivity index (χ3v) is 5.56. The van der Waals surface area contributed by atoms with E-state index in [4.69, 9.17) is 15.2 Å². The first-order valence-corrected chi connectivity index (χ1v) is 10.7. The summed E-state index contributed by atoms with van der Waals surface area (Å²) in [5.41, 5.74) is 10.8. The number of carbonyl (C=O) groups is 1. The van der Waals surface area contributed by atoms with E-state index >= 15 is 0 Å². The average Bonchev–Trinajstić information content (AvgIpc) is 3.20. The van der Waals surface area contributed by atoms with E-state index in [2.05, 4.69) is 4.98 Å². The van der Waals surface area contributed by atoms with Crippen molar-refractivity contribution in [3.63, 3.8) is 0 Å². The molecular formula is C27H23N3O3. The van der Waals surface area contributed by atoms with Crippen LogP contribution >= 0.6 is 0 Å². The summed E-state index contributed by atoms with van der Waals surface area (Å²) < 4.78 is 12.0. The molecule has 4 aromatic rings. The number of aromatic nitrogens is 1. The van der Waals surface area contributed by atoms with E-state index in [1.807, 2.05) is 66.7 Å². The first kappa shape index (κ1) is 20.6. The van der Waals surface area contributed by atoms with Crippen molar-refractivity contribution < 1.29 is 14.3 Å². The van der Waals surface area contributed by atoms with Gasteiger partial charge in [0.25, 0.3) is 5.91 Å². The zero-order valence-corrected chi connectivity index (χ0v) is 18.0.